The van der Waals surface area contributed by atoms with Crippen LogP contribution in [0.3, 0.4) is 0 Å². The van der Waals surface area contributed by atoms with Gasteiger partial charge in [-0.15, -0.1) is 0 Å². The zero-order valence-electron chi connectivity index (χ0n) is 10.0. The molecule has 1 rings (SSSR count). The monoisotopic (exact) mass is 332 g/mol. The SMILES string of the molecule is COc1ccc(CCCCCCCI)cc1. The first-order chi connectivity index (χ1) is 7.86. The molecule has 1 nitrogen and oxygen atoms in total. The largest absolute Gasteiger partial charge is 0.497 e. The van der Waals surface area contributed by atoms with E-state index in [1.54, 1.807) is 7.11 Å². The van der Waals surface area contributed by atoms with Gasteiger partial charge in [0.05, 0.1) is 7.11 Å². The van der Waals surface area contributed by atoms with E-state index in [0.29, 0.717) is 0 Å². The molecule has 1 aromatic carbocycles. The van der Waals surface area contributed by atoms with Gasteiger partial charge in [-0.3, -0.25) is 0 Å². The summed E-state index contributed by atoms with van der Waals surface area (Å²) in [5.41, 5.74) is 1.43. The zero-order chi connectivity index (χ0) is 11.6. The van der Waals surface area contributed by atoms with E-state index in [-0.39, 0.29) is 0 Å². The number of hydrogen-bond donors (Lipinski definition) is 0. The highest BCUT2D eigenvalue weighted by Gasteiger charge is 1.95. The van der Waals surface area contributed by atoms with Crippen LogP contribution in [0.15, 0.2) is 24.3 Å². The van der Waals surface area contributed by atoms with Crippen molar-refractivity contribution in [2.75, 3.05) is 11.5 Å². The van der Waals surface area contributed by atoms with E-state index in [0.717, 1.165) is 5.75 Å². The molecule has 0 aliphatic heterocycles. The van der Waals surface area contributed by atoms with Crippen molar-refractivity contribution in [1.29, 1.82) is 0 Å². The number of unbranched alkanes of at least 4 members (excludes halogenated alkanes) is 4. The van der Waals surface area contributed by atoms with Crippen LogP contribution in [0.2, 0.25) is 0 Å². The van der Waals surface area contributed by atoms with Crippen LogP contribution in [0.4, 0.5) is 0 Å². The molecule has 1 aromatic rings. The highest BCUT2D eigenvalue weighted by atomic mass is 127. The number of benzene rings is 1. The molecule has 16 heavy (non-hydrogen) atoms. The summed E-state index contributed by atoms with van der Waals surface area (Å²) in [6.07, 6.45) is 8.04. The van der Waals surface area contributed by atoms with Gasteiger partial charge in [0, 0.05) is 0 Å². The van der Waals surface area contributed by atoms with Crippen molar-refractivity contribution < 1.29 is 4.74 Å². The molecule has 0 saturated heterocycles. The fourth-order valence-electron chi connectivity index (χ4n) is 1.75. The third kappa shape index (κ3) is 5.73. The molecule has 0 fully saturated rings. The molecule has 0 heterocycles. The summed E-state index contributed by atoms with van der Waals surface area (Å²) in [6, 6.07) is 8.43. The van der Waals surface area contributed by atoms with E-state index in [1.807, 2.05) is 12.1 Å². The van der Waals surface area contributed by atoms with Gasteiger partial charge in [0.2, 0.25) is 0 Å². The van der Waals surface area contributed by atoms with Gasteiger partial charge < -0.3 is 4.74 Å². The maximum absolute atomic E-state index is 5.14. The van der Waals surface area contributed by atoms with Crippen LogP contribution in [-0.4, -0.2) is 11.5 Å². The normalized spacial score (nSPS) is 10.4. The molecule has 0 spiro atoms. The number of aryl methyl sites for hydroxylation is 1. The van der Waals surface area contributed by atoms with Crippen molar-refractivity contribution in [3.63, 3.8) is 0 Å². The Morgan fingerprint density at radius 3 is 2.19 bits per heavy atom. The molecule has 2 heteroatoms. The van der Waals surface area contributed by atoms with E-state index < -0.39 is 0 Å². The molecule has 0 aliphatic carbocycles. The molecule has 0 saturated carbocycles. The van der Waals surface area contributed by atoms with Gasteiger partial charge in [-0.25, -0.2) is 0 Å². The van der Waals surface area contributed by atoms with Gasteiger partial charge in [0.1, 0.15) is 5.75 Å². The lowest BCUT2D eigenvalue weighted by Crippen LogP contribution is -1.88. The minimum absolute atomic E-state index is 0.950. The molecule has 0 aliphatic rings. The summed E-state index contributed by atoms with van der Waals surface area (Å²) in [5.74, 6) is 0.950. The van der Waals surface area contributed by atoms with Gasteiger partial charge in [-0.2, -0.15) is 0 Å². The predicted molar refractivity (Wildman–Crippen MR) is 78.7 cm³/mol. The Morgan fingerprint density at radius 2 is 1.56 bits per heavy atom. The van der Waals surface area contributed by atoms with E-state index in [4.69, 9.17) is 4.74 Å². The van der Waals surface area contributed by atoms with Gasteiger partial charge >= 0.3 is 0 Å². The average molecular weight is 332 g/mol. The van der Waals surface area contributed by atoms with Gasteiger partial charge in [-0.05, 0) is 41.4 Å². The molecule has 0 bridgehead atoms. The van der Waals surface area contributed by atoms with Crippen LogP contribution in [0.25, 0.3) is 0 Å². The lowest BCUT2D eigenvalue weighted by atomic mass is 10.1. The molecular formula is C14H21IO. The van der Waals surface area contributed by atoms with Crippen molar-refractivity contribution in [2.45, 2.75) is 38.5 Å². The Labute approximate surface area is 113 Å². The van der Waals surface area contributed by atoms with Gasteiger partial charge in [0.15, 0.2) is 0 Å². The third-order valence-electron chi connectivity index (χ3n) is 2.76. The zero-order valence-corrected chi connectivity index (χ0v) is 12.2. The second-order valence-corrected chi connectivity index (χ2v) is 5.13. The Morgan fingerprint density at radius 1 is 0.938 bits per heavy atom. The van der Waals surface area contributed by atoms with E-state index in [9.17, 15) is 0 Å². The highest BCUT2D eigenvalue weighted by Crippen LogP contribution is 2.14. The second-order valence-electron chi connectivity index (χ2n) is 4.05. The van der Waals surface area contributed by atoms with Crippen molar-refractivity contribution in [1.82, 2.24) is 0 Å². The first kappa shape index (κ1) is 13.8. The number of ether oxygens (including phenoxy) is 1. The maximum atomic E-state index is 5.14. The topological polar surface area (TPSA) is 9.23 Å². The summed E-state index contributed by atoms with van der Waals surface area (Å²) in [7, 11) is 1.71. The minimum atomic E-state index is 0.950. The number of alkyl halides is 1. The second kappa shape index (κ2) is 8.85. The number of hydrogen-bond acceptors (Lipinski definition) is 1. The Balaban J connectivity index is 2.12. The van der Waals surface area contributed by atoms with Crippen LogP contribution in [0, 0.1) is 0 Å². The van der Waals surface area contributed by atoms with Crippen LogP contribution >= 0.6 is 22.6 Å². The number of rotatable bonds is 8. The standard InChI is InChI=1S/C14H21IO/c1-16-14-10-8-13(9-11-14)7-5-3-2-4-6-12-15/h8-11H,2-7,12H2,1H3. The molecular weight excluding hydrogens is 311 g/mol. The summed E-state index contributed by atoms with van der Waals surface area (Å²) in [6.45, 7) is 0. The number of halogens is 1. The van der Waals surface area contributed by atoms with Crippen LogP contribution in [-0.2, 0) is 6.42 Å². The molecule has 0 radical (unpaired) electrons. The Kier molecular flexibility index (Phi) is 7.64. The first-order valence-corrected chi connectivity index (χ1v) is 7.58. The third-order valence-corrected chi connectivity index (χ3v) is 3.52. The van der Waals surface area contributed by atoms with E-state index >= 15 is 0 Å². The van der Waals surface area contributed by atoms with Crippen LogP contribution in [0.5, 0.6) is 5.75 Å². The van der Waals surface area contributed by atoms with Crippen molar-refractivity contribution in [3.05, 3.63) is 29.8 Å². The molecule has 0 N–H and O–H groups in total. The van der Waals surface area contributed by atoms with E-state index in [2.05, 4.69) is 34.7 Å². The predicted octanol–water partition coefficient (Wildman–Crippen LogP) is 4.62. The fourth-order valence-corrected chi connectivity index (χ4v) is 2.29. The molecule has 90 valence electrons. The summed E-state index contributed by atoms with van der Waals surface area (Å²) < 4.78 is 6.44. The fraction of sp³-hybridized carbons (Fsp3) is 0.571. The van der Waals surface area contributed by atoms with Crippen LogP contribution < -0.4 is 4.74 Å². The molecule has 0 amide bonds. The minimum Gasteiger partial charge on any atom is -0.497 e. The lowest BCUT2D eigenvalue weighted by Gasteiger charge is -2.03. The van der Waals surface area contributed by atoms with Crippen LogP contribution in [0.1, 0.15) is 37.7 Å². The summed E-state index contributed by atoms with van der Waals surface area (Å²) in [4.78, 5) is 0. The van der Waals surface area contributed by atoms with Crippen molar-refractivity contribution in [3.8, 4) is 5.75 Å². The summed E-state index contributed by atoms with van der Waals surface area (Å²) >= 11 is 2.45. The maximum Gasteiger partial charge on any atom is 0.118 e. The number of methoxy groups -OCH3 is 1. The smallest absolute Gasteiger partial charge is 0.118 e. The molecule has 0 aromatic heterocycles. The Bertz CT molecular complexity index is 269. The van der Waals surface area contributed by atoms with E-state index in [1.165, 1.54) is 48.5 Å². The molecule has 0 atom stereocenters. The Hall–Kier alpha value is -0.250. The first-order valence-electron chi connectivity index (χ1n) is 6.05. The lowest BCUT2D eigenvalue weighted by molar-refractivity contribution is 0.414. The quantitative estimate of drug-likeness (QED) is 0.383. The average Bonchev–Trinajstić information content (AvgIpc) is 2.34. The van der Waals surface area contributed by atoms with Gasteiger partial charge in [0.25, 0.3) is 0 Å². The molecule has 0 unspecified atom stereocenters. The highest BCUT2D eigenvalue weighted by molar-refractivity contribution is 14.1. The van der Waals surface area contributed by atoms with Gasteiger partial charge in [-0.1, -0.05) is 54.0 Å². The van der Waals surface area contributed by atoms with Crippen molar-refractivity contribution >= 4 is 22.6 Å². The summed E-state index contributed by atoms with van der Waals surface area (Å²) in [5, 5.41) is 0. The van der Waals surface area contributed by atoms with Crippen molar-refractivity contribution in [2.24, 2.45) is 0 Å².